The van der Waals surface area contributed by atoms with Gasteiger partial charge < -0.3 is 14.8 Å². The van der Waals surface area contributed by atoms with E-state index in [1.54, 1.807) is 18.2 Å². The van der Waals surface area contributed by atoms with Crippen molar-refractivity contribution in [3.8, 4) is 5.75 Å². The number of hydrogen-bond donors (Lipinski definition) is 2. The number of carbonyl (C=O) groups is 2. The molecule has 3 aliphatic rings. The number of Topliss-reactive ketones (excluding diaryl/α,β-unsaturated/α-hetero) is 2. The van der Waals surface area contributed by atoms with Crippen molar-refractivity contribution >= 4 is 41.1 Å². The lowest BCUT2D eigenvalue weighted by Crippen LogP contribution is -2.50. The third-order valence-corrected chi connectivity index (χ3v) is 9.59. The van der Waals surface area contributed by atoms with Gasteiger partial charge in [-0.05, 0) is 72.1 Å². The summed E-state index contributed by atoms with van der Waals surface area (Å²) >= 11 is 0. The van der Waals surface area contributed by atoms with Gasteiger partial charge in [-0.15, -0.1) is 0 Å². The maximum atomic E-state index is 13.8. The van der Waals surface area contributed by atoms with Crippen molar-refractivity contribution in [2.45, 2.75) is 38.6 Å². The highest BCUT2D eigenvalue weighted by molar-refractivity contribution is 6.43. The Morgan fingerprint density at radius 2 is 1.53 bits per heavy atom. The van der Waals surface area contributed by atoms with Gasteiger partial charge in [0.25, 0.3) is 0 Å². The fraction of sp³-hybridized carbons (Fsp3) is 0.243. The monoisotopic (exact) mass is 568 g/mol. The van der Waals surface area contributed by atoms with Crippen molar-refractivity contribution in [1.82, 2.24) is 0 Å². The molecular formula is C37H33BO5. The topological polar surface area (TPSA) is 83.8 Å². The molecule has 0 radical (unpaired) electrons. The van der Waals surface area contributed by atoms with Crippen LogP contribution in [0.2, 0.25) is 6.32 Å². The maximum absolute atomic E-state index is 13.8. The number of aromatic hydroxyl groups is 1. The van der Waals surface area contributed by atoms with Crippen LogP contribution >= 0.6 is 0 Å². The van der Waals surface area contributed by atoms with E-state index in [1.165, 1.54) is 0 Å². The van der Waals surface area contributed by atoms with Crippen LogP contribution < -0.4 is 0 Å². The number of ketones is 2. The summed E-state index contributed by atoms with van der Waals surface area (Å²) in [6, 6.07) is 28.9. The quantitative estimate of drug-likeness (QED) is 0.149. The minimum absolute atomic E-state index is 0.00660. The molecule has 214 valence electrons. The first-order valence-corrected chi connectivity index (χ1v) is 15.1. The Bertz CT molecular complexity index is 1810. The number of carbonyl (C=O) groups excluding carboxylic acids is 2. The van der Waals surface area contributed by atoms with Gasteiger partial charge in [-0.2, -0.15) is 0 Å². The highest BCUT2D eigenvalue weighted by Gasteiger charge is 2.53. The summed E-state index contributed by atoms with van der Waals surface area (Å²) in [5, 5.41) is 23.1. The van der Waals surface area contributed by atoms with E-state index in [0.717, 1.165) is 38.6 Å². The first-order valence-electron chi connectivity index (χ1n) is 15.1. The molecule has 0 aromatic heterocycles. The van der Waals surface area contributed by atoms with Crippen molar-refractivity contribution in [3.05, 3.63) is 124 Å². The predicted molar refractivity (Wildman–Crippen MR) is 170 cm³/mol. The lowest BCUT2D eigenvalue weighted by Gasteiger charge is -2.47. The molecule has 1 fully saturated rings. The third-order valence-electron chi connectivity index (χ3n) is 9.59. The normalized spacial score (nSPS) is 23.7. The minimum Gasteiger partial charge on any atom is -0.507 e. The summed E-state index contributed by atoms with van der Waals surface area (Å²) in [4.78, 5) is 27.4. The molecule has 2 aliphatic carbocycles. The van der Waals surface area contributed by atoms with Gasteiger partial charge in [0.15, 0.2) is 11.6 Å². The molecule has 0 spiro atoms. The molecule has 0 amide bonds. The van der Waals surface area contributed by atoms with Crippen LogP contribution in [0.4, 0.5) is 0 Å². The number of phenols is 1. The Labute approximate surface area is 251 Å². The molecule has 0 bridgehead atoms. The second kappa shape index (κ2) is 11.1. The average molecular weight is 568 g/mol. The van der Waals surface area contributed by atoms with Crippen molar-refractivity contribution in [2.75, 3.05) is 0 Å². The second-order valence-corrected chi connectivity index (χ2v) is 12.1. The first kappa shape index (κ1) is 27.6. The number of allylic oxidation sites excluding steroid dienone is 2. The van der Waals surface area contributed by atoms with Crippen LogP contribution in [0.25, 0.3) is 22.4 Å². The molecule has 7 rings (SSSR count). The van der Waals surface area contributed by atoms with Gasteiger partial charge in [-0.3, -0.25) is 9.59 Å². The average Bonchev–Trinajstić information content (AvgIpc) is 3.03. The molecule has 2 N–H and O–H groups in total. The first-order chi connectivity index (χ1) is 20.9. The molecule has 43 heavy (non-hydrogen) atoms. The van der Waals surface area contributed by atoms with E-state index in [9.17, 15) is 19.7 Å². The Morgan fingerprint density at radius 3 is 2.30 bits per heavy atom. The molecule has 0 unspecified atom stereocenters. The molecule has 4 aromatic carbocycles. The summed E-state index contributed by atoms with van der Waals surface area (Å²) in [6.07, 6.45) is 3.94. The summed E-state index contributed by atoms with van der Waals surface area (Å²) < 4.78 is 6.20. The van der Waals surface area contributed by atoms with Gasteiger partial charge in [0.1, 0.15) is 5.75 Å². The maximum Gasteiger partial charge on any atom is 0.455 e. The van der Waals surface area contributed by atoms with E-state index in [1.807, 2.05) is 60.7 Å². The lowest BCUT2D eigenvalue weighted by atomic mass is 9.54. The smallest absolute Gasteiger partial charge is 0.455 e. The third kappa shape index (κ3) is 4.85. The highest BCUT2D eigenvalue weighted by Crippen LogP contribution is 2.51. The Kier molecular flexibility index (Phi) is 7.12. The summed E-state index contributed by atoms with van der Waals surface area (Å²) in [7, 11) is -1.00. The van der Waals surface area contributed by atoms with Crippen molar-refractivity contribution in [1.29, 1.82) is 0 Å². The van der Waals surface area contributed by atoms with Crippen LogP contribution in [0, 0.1) is 17.8 Å². The number of rotatable bonds is 5. The lowest BCUT2D eigenvalue weighted by molar-refractivity contribution is 0.0602. The highest BCUT2D eigenvalue weighted by atomic mass is 16.5. The van der Waals surface area contributed by atoms with Crippen LogP contribution in [0.5, 0.6) is 5.75 Å². The van der Waals surface area contributed by atoms with Gasteiger partial charge in [-0.1, -0.05) is 96.6 Å². The zero-order valence-corrected chi connectivity index (χ0v) is 24.1. The fourth-order valence-electron chi connectivity index (χ4n) is 7.68. The van der Waals surface area contributed by atoms with Crippen molar-refractivity contribution in [3.63, 3.8) is 0 Å². The van der Waals surface area contributed by atoms with Crippen LogP contribution in [0.15, 0.2) is 102 Å². The van der Waals surface area contributed by atoms with Gasteiger partial charge in [-0.25, -0.2) is 0 Å². The van der Waals surface area contributed by atoms with Crippen molar-refractivity contribution in [2.24, 2.45) is 17.8 Å². The van der Waals surface area contributed by atoms with Gasteiger partial charge in [0.05, 0.1) is 6.10 Å². The number of hydrogen-bond acceptors (Lipinski definition) is 5. The number of benzene rings is 4. The summed E-state index contributed by atoms with van der Waals surface area (Å²) in [5.41, 5.74) is 6.41. The number of fused-ring (bicyclic) bond motifs is 5. The fourth-order valence-corrected chi connectivity index (χ4v) is 7.68. The summed E-state index contributed by atoms with van der Waals surface area (Å²) in [5.74, 6) is -0.818. The van der Waals surface area contributed by atoms with Crippen LogP contribution in [0.1, 0.15) is 58.0 Å². The zero-order chi connectivity index (χ0) is 29.7. The molecule has 1 heterocycles. The van der Waals surface area contributed by atoms with Crippen LogP contribution in [0.3, 0.4) is 0 Å². The van der Waals surface area contributed by atoms with E-state index >= 15 is 0 Å². The molecule has 6 heteroatoms. The minimum atomic E-state index is -1.00. The van der Waals surface area contributed by atoms with Gasteiger partial charge >= 0.3 is 7.12 Å². The molecule has 1 aliphatic heterocycles. The molecule has 4 aromatic rings. The Morgan fingerprint density at radius 1 is 0.860 bits per heavy atom. The van der Waals surface area contributed by atoms with Crippen LogP contribution in [-0.4, -0.2) is 34.9 Å². The number of phenolic OH excluding ortho intramolecular Hbond substituents is 1. The predicted octanol–water partition coefficient (Wildman–Crippen LogP) is 7.39. The second-order valence-electron chi connectivity index (χ2n) is 12.1. The SMILES string of the molecule is CC1=C2[C@@H](CC/C(=C/c3ccc(O)c4ccccc34)c3ccccc3)OB(O)C[C@@H]2[C@@H]2C(=O)c3ccccc3C(=O)[C@@H]2C1. The van der Waals surface area contributed by atoms with E-state index in [-0.39, 0.29) is 29.3 Å². The molecular weight excluding hydrogens is 535 g/mol. The van der Waals surface area contributed by atoms with Crippen molar-refractivity contribution < 1.29 is 24.4 Å². The molecule has 5 nitrogen and oxygen atoms in total. The van der Waals surface area contributed by atoms with Gasteiger partial charge in [0, 0.05) is 28.3 Å². The molecule has 0 saturated carbocycles. The largest absolute Gasteiger partial charge is 0.507 e. The van der Waals surface area contributed by atoms with E-state index < -0.39 is 19.0 Å². The zero-order valence-electron chi connectivity index (χ0n) is 24.1. The van der Waals surface area contributed by atoms with E-state index in [0.29, 0.717) is 36.7 Å². The molecule has 1 saturated heterocycles. The van der Waals surface area contributed by atoms with Gasteiger partial charge in [0.2, 0.25) is 0 Å². The summed E-state index contributed by atoms with van der Waals surface area (Å²) in [6.45, 7) is 2.06. The Balaban J connectivity index is 1.23. The molecule has 4 atom stereocenters. The Hall–Kier alpha value is -4.26. The van der Waals surface area contributed by atoms with E-state index in [2.05, 4.69) is 25.1 Å². The standard InChI is InChI=1S/C37H33BO5/c1-22-19-30-35(37(41)29-14-8-7-13-28(29)36(30)40)31-21-38(42)43-33(34(22)31)18-16-24(23-9-3-2-4-10-23)20-25-15-17-32(39)27-12-6-5-11-26(25)27/h2-15,17,20,30-31,33,35,39,42H,16,18-19,21H2,1H3/b24-20-/t30-,31+,33-,35-/m1/s1. The van der Waals surface area contributed by atoms with E-state index in [4.69, 9.17) is 4.65 Å². The van der Waals surface area contributed by atoms with Crippen LogP contribution in [-0.2, 0) is 4.65 Å².